The van der Waals surface area contributed by atoms with Gasteiger partial charge in [0.05, 0.1) is 18.0 Å². The highest BCUT2D eigenvalue weighted by atomic mass is 35.5. The Kier molecular flexibility index (Phi) is 6.87. The quantitative estimate of drug-likeness (QED) is 0.751. The second-order valence-electron chi connectivity index (χ2n) is 5.60. The number of hydrogen-bond acceptors (Lipinski definition) is 3. The van der Waals surface area contributed by atoms with E-state index in [1.165, 1.54) is 0 Å². The van der Waals surface area contributed by atoms with Crippen molar-refractivity contribution in [1.29, 1.82) is 0 Å². The van der Waals surface area contributed by atoms with Gasteiger partial charge >= 0.3 is 6.09 Å². The fourth-order valence-electron chi connectivity index (χ4n) is 1.39. The highest BCUT2D eigenvalue weighted by Crippen LogP contribution is 2.12. The van der Waals surface area contributed by atoms with Crippen LogP contribution in [0.25, 0.3) is 0 Å². The topological polar surface area (TPSA) is 58.6 Å². The van der Waals surface area contributed by atoms with Gasteiger partial charge in [-0.2, -0.15) is 0 Å². The Morgan fingerprint density at radius 1 is 1.41 bits per heavy atom. The van der Waals surface area contributed by atoms with Gasteiger partial charge in [0, 0.05) is 0 Å². The lowest BCUT2D eigenvalue weighted by Gasteiger charge is -2.26. The van der Waals surface area contributed by atoms with E-state index in [-0.39, 0.29) is 11.9 Å². The summed E-state index contributed by atoms with van der Waals surface area (Å²) >= 11 is 5.60. The van der Waals surface area contributed by atoms with Crippen LogP contribution in [0, 0.1) is 5.92 Å². The van der Waals surface area contributed by atoms with E-state index >= 15 is 0 Å². The highest BCUT2D eigenvalue weighted by molar-refractivity contribution is 6.18. The molecule has 0 saturated carbocycles. The summed E-state index contributed by atoms with van der Waals surface area (Å²) in [6, 6.07) is -0.373. The Morgan fingerprint density at radius 2 is 1.94 bits per heavy atom. The van der Waals surface area contributed by atoms with Gasteiger partial charge in [0.2, 0.25) is 0 Å². The van der Waals surface area contributed by atoms with Crippen molar-refractivity contribution in [2.24, 2.45) is 5.92 Å². The molecule has 0 aliphatic carbocycles. The number of carbonyl (C=O) groups excluding carboxylic acids is 1. The maximum absolute atomic E-state index is 11.6. The van der Waals surface area contributed by atoms with Gasteiger partial charge < -0.3 is 15.2 Å². The first kappa shape index (κ1) is 16.5. The Bertz CT molecular complexity index is 238. The number of amides is 1. The van der Waals surface area contributed by atoms with Crippen LogP contribution >= 0.6 is 11.6 Å². The van der Waals surface area contributed by atoms with Crippen LogP contribution in [0.3, 0.4) is 0 Å². The molecule has 0 fully saturated rings. The van der Waals surface area contributed by atoms with E-state index in [0.29, 0.717) is 12.3 Å². The molecule has 0 aromatic carbocycles. The average Bonchev–Trinajstić information content (AvgIpc) is 2.11. The lowest BCUT2D eigenvalue weighted by Crippen LogP contribution is -2.46. The SMILES string of the molecule is CC(C)C[C@H](NC(=O)OC(C)(C)C)[C@H](O)CCl. The number of alkyl carbamates (subject to hydrolysis) is 1. The van der Waals surface area contributed by atoms with Crippen molar-refractivity contribution in [2.45, 2.75) is 58.8 Å². The van der Waals surface area contributed by atoms with Gasteiger partial charge in [-0.1, -0.05) is 13.8 Å². The lowest BCUT2D eigenvalue weighted by atomic mass is 10.0. The number of halogens is 1. The average molecular weight is 266 g/mol. The Hall–Kier alpha value is -0.480. The number of aliphatic hydroxyl groups excluding tert-OH is 1. The molecule has 0 radical (unpaired) electrons. The van der Waals surface area contributed by atoms with E-state index in [9.17, 15) is 9.90 Å². The predicted octanol–water partition coefficient (Wildman–Crippen LogP) is 2.53. The van der Waals surface area contributed by atoms with Gasteiger partial charge in [-0.25, -0.2) is 4.79 Å². The molecule has 17 heavy (non-hydrogen) atoms. The van der Waals surface area contributed by atoms with Crippen LogP contribution in [0.15, 0.2) is 0 Å². The summed E-state index contributed by atoms with van der Waals surface area (Å²) in [7, 11) is 0. The molecule has 0 aliphatic heterocycles. The minimum Gasteiger partial charge on any atom is -0.444 e. The van der Waals surface area contributed by atoms with Crippen LogP contribution in [0.1, 0.15) is 41.0 Å². The normalized spacial score (nSPS) is 15.5. The number of nitrogens with one attached hydrogen (secondary N) is 1. The van der Waals surface area contributed by atoms with Crippen molar-refractivity contribution in [1.82, 2.24) is 5.32 Å². The predicted molar refractivity (Wildman–Crippen MR) is 69.3 cm³/mol. The van der Waals surface area contributed by atoms with Gasteiger partial charge in [-0.3, -0.25) is 0 Å². The Labute approximate surface area is 109 Å². The van der Waals surface area contributed by atoms with Crippen LogP contribution in [-0.4, -0.2) is 34.8 Å². The van der Waals surface area contributed by atoms with Crippen molar-refractivity contribution in [2.75, 3.05) is 5.88 Å². The van der Waals surface area contributed by atoms with E-state index < -0.39 is 17.8 Å². The van der Waals surface area contributed by atoms with Crippen LogP contribution in [0.4, 0.5) is 4.79 Å². The first-order valence-electron chi connectivity index (χ1n) is 5.89. The van der Waals surface area contributed by atoms with Gasteiger partial charge in [0.25, 0.3) is 0 Å². The monoisotopic (exact) mass is 265 g/mol. The zero-order chi connectivity index (χ0) is 13.6. The second kappa shape index (κ2) is 7.07. The molecule has 2 N–H and O–H groups in total. The first-order chi connectivity index (χ1) is 7.65. The van der Waals surface area contributed by atoms with E-state index in [1.807, 2.05) is 13.8 Å². The van der Waals surface area contributed by atoms with Crippen molar-refractivity contribution >= 4 is 17.7 Å². The number of aliphatic hydroxyl groups is 1. The number of carbonyl (C=O) groups is 1. The summed E-state index contributed by atoms with van der Waals surface area (Å²) in [6.45, 7) is 9.42. The highest BCUT2D eigenvalue weighted by Gasteiger charge is 2.24. The number of hydrogen-bond donors (Lipinski definition) is 2. The first-order valence-corrected chi connectivity index (χ1v) is 6.42. The fraction of sp³-hybridized carbons (Fsp3) is 0.917. The van der Waals surface area contributed by atoms with Crippen molar-refractivity contribution in [3.05, 3.63) is 0 Å². The second-order valence-corrected chi connectivity index (χ2v) is 5.91. The summed E-state index contributed by atoms with van der Waals surface area (Å²) in [5, 5.41) is 12.4. The van der Waals surface area contributed by atoms with Crippen LogP contribution in [0.2, 0.25) is 0 Å². The van der Waals surface area contributed by atoms with Crippen LogP contribution < -0.4 is 5.32 Å². The lowest BCUT2D eigenvalue weighted by molar-refractivity contribution is 0.0425. The molecule has 0 bridgehead atoms. The van der Waals surface area contributed by atoms with Crippen molar-refractivity contribution < 1.29 is 14.6 Å². The molecule has 0 heterocycles. The zero-order valence-corrected chi connectivity index (χ0v) is 12.0. The minimum absolute atomic E-state index is 0.0905. The summed E-state index contributed by atoms with van der Waals surface area (Å²) < 4.78 is 5.14. The molecule has 2 atom stereocenters. The van der Waals surface area contributed by atoms with Crippen molar-refractivity contribution in [3.63, 3.8) is 0 Å². The molecular formula is C12H24ClNO3. The maximum Gasteiger partial charge on any atom is 0.407 e. The standard InChI is InChI=1S/C12H24ClNO3/c1-8(2)6-9(10(15)7-13)14-11(16)17-12(3,4)5/h8-10,15H,6-7H2,1-5H3,(H,14,16)/t9-,10+/m0/s1. The minimum atomic E-state index is -0.758. The van der Waals surface area contributed by atoms with E-state index in [4.69, 9.17) is 16.3 Å². The number of ether oxygens (including phenoxy) is 1. The van der Waals surface area contributed by atoms with Gasteiger partial charge in [0.1, 0.15) is 5.60 Å². The molecule has 0 rings (SSSR count). The number of rotatable bonds is 5. The summed E-state index contributed by atoms with van der Waals surface area (Å²) in [6.07, 6.45) is -0.619. The molecule has 5 heteroatoms. The molecular weight excluding hydrogens is 242 g/mol. The molecule has 0 saturated heterocycles. The zero-order valence-electron chi connectivity index (χ0n) is 11.3. The maximum atomic E-state index is 11.6. The molecule has 0 unspecified atom stereocenters. The van der Waals surface area contributed by atoms with Crippen LogP contribution in [-0.2, 0) is 4.74 Å². The van der Waals surface area contributed by atoms with Crippen LogP contribution in [0.5, 0.6) is 0 Å². The smallest absolute Gasteiger partial charge is 0.407 e. The third kappa shape index (κ3) is 8.27. The summed E-state index contributed by atoms with van der Waals surface area (Å²) in [5.74, 6) is 0.445. The third-order valence-electron chi connectivity index (χ3n) is 2.05. The van der Waals surface area contributed by atoms with E-state index in [2.05, 4.69) is 5.32 Å². The largest absolute Gasteiger partial charge is 0.444 e. The van der Waals surface area contributed by atoms with E-state index in [0.717, 1.165) is 0 Å². The molecule has 0 aromatic heterocycles. The van der Waals surface area contributed by atoms with E-state index in [1.54, 1.807) is 20.8 Å². The fourth-order valence-corrected chi connectivity index (χ4v) is 1.60. The summed E-state index contributed by atoms with van der Waals surface area (Å²) in [5.41, 5.74) is -0.543. The Balaban J connectivity index is 4.37. The third-order valence-corrected chi connectivity index (χ3v) is 2.37. The Morgan fingerprint density at radius 3 is 2.29 bits per heavy atom. The molecule has 0 spiro atoms. The molecule has 0 aliphatic rings. The summed E-state index contributed by atoms with van der Waals surface area (Å²) in [4.78, 5) is 11.6. The van der Waals surface area contributed by atoms with Gasteiger partial charge in [-0.15, -0.1) is 11.6 Å². The molecule has 1 amide bonds. The number of alkyl halides is 1. The van der Waals surface area contributed by atoms with Gasteiger partial charge in [-0.05, 0) is 33.1 Å². The van der Waals surface area contributed by atoms with Gasteiger partial charge in [0.15, 0.2) is 0 Å². The molecule has 0 aromatic rings. The molecule has 102 valence electrons. The van der Waals surface area contributed by atoms with Crippen molar-refractivity contribution in [3.8, 4) is 0 Å². The molecule has 4 nitrogen and oxygen atoms in total.